The third-order valence-corrected chi connectivity index (χ3v) is 2.55. The minimum atomic E-state index is -1.07. The van der Waals surface area contributed by atoms with Crippen LogP contribution in [0.1, 0.15) is 26.7 Å². The molecule has 4 N–H and O–H groups in total. The second kappa shape index (κ2) is 7.96. The second-order valence-electron chi connectivity index (χ2n) is 5.33. The van der Waals surface area contributed by atoms with Crippen molar-refractivity contribution in [3.63, 3.8) is 0 Å². The number of amides is 1. The molecule has 0 spiro atoms. The summed E-state index contributed by atoms with van der Waals surface area (Å²) in [5.41, 5.74) is 4.62. The van der Waals surface area contributed by atoms with Gasteiger partial charge in [-0.05, 0) is 47.3 Å². The first kappa shape index (κ1) is 17.7. The molecule has 1 amide bonds. The molecule has 0 aromatic carbocycles. The molecule has 0 radical (unpaired) electrons. The fourth-order valence-electron chi connectivity index (χ4n) is 1.33. The molecule has 0 saturated heterocycles. The zero-order chi connectivity index (χ0) is 15.1. The van der Waals surface area contributed by atoms with Gasteiger partial charge in [-0.1, -0.05) is 0 Å². The molecule has 0 aliphatic carbocycles. The number of carbonyl (C=O) groups is 2. The van der Waals surface area contributed by atoms with Gasteiger partial charge in [-0.2, -0.15) is 0 Å². The lowest BCUT2D eigenvalue weighted by Crippen LogP contribution is -2.46. The van der Waals surface area contributed by atoms with Crippen molar-refractivity contribution in [1.29, 1.82) is 0 Å². The number of carboxylic acid groups (broad SMARTS) is 1. The fraction of sp³-hybridized carbons (Fsp3) is 0.833. The third-order valence-electron chi connectivity index (χ3n) is 2.55. The zero-order valence-corrected chi connectivity index (χ0v) is 12.1. The maximum atomic E-state index is 11.6. The monoisotopic (exact) mass is 275 g/mol. The summed E-state index contributed by atoms with van der Waals surface area (Å²) < 4.78 is 5.05. The molecule has 0 bridgehead atoms. The van der Waals surface area contributed by atoms with Gasteiger partial charge in [0.15, 0.2) is 0 Å². The number of hydrogen-bond acceptors (Lipinski definition) is 5. The van der Waals surface area contributed by atoms with Gasteiger partial charge >= 0.3 is 12.1 Å². The number of carboxylic acids is 1. The van der Waals surface area contributed by atoms with Crippen LogP contribution in [0.3, 0.4) is 0 Å². The van der Waals surface area contributed by atoms with Crippen molar-refractivity contribution in [2.24, 2.45) is 5.73 Å². The van der Waals surface area contributed by atoms with Crippen LogP contribution in [-0.2, 0) is 9.53 Å². The summed E-state index contributed by atoms with van der Waals surface area (Å²) in [6.07, 6.45) is 0.267. The summed E-state index contributed by atoms with van der Waals surface area (Å²) in [7, 11) is 3.81. The molecular weight excluding hydrogens is 250 g/mol. The number of nitrogens with zero attached hydrogens (tertiary/aromatic N) is 1. The fourth-order valence-corrected chi connectivity index (χ4v) is 1.33. The van der Waals surface area contributed by atoms with Gasteiger partial charge < -0.3 is 25.8 Å². The van der Waals surface area contributed by atoms with Gasteiger partial charge in [0.2, 0.25) is 0 Å². The number of alkyl carbamates (subject to hydrolysis) is 1. The maximum Gasteiger partial charge on any atom is 0.408 e. The van der Waals surface area contributed by atoms with Crippen molar-refractivity contribution >= 4 is 12.1 Å². The molecule has 0 aromatic heterocycles. The molecule has 0 aliphatic heterocycles. The lowest BCUT2D eigenvalue weighted by Gasteiger charge is -2.24. The summed E-state index contributed by atoms with van der Waals surface area (Å²) >= 11 is 0. The van der Waals surface area contributed by atoms with Crippen LogP contribution in [0.5, 0.6) is 0 Å². The Morgan fingerprint density at radius 1 is 1.42 bits per heavy atom. The van der Waals surface area contributed by atoms with Gasteiger partial charge in [-0.3, -0.25) is 0 Å². The highest BCUT2D eigenvalue weighted by Crippen LogP contribution is 2.07. The van der Waals surface area contributed by atoms with E-state index < -0.39 is 23.7 Å². The molecule has 7 nitrogen and oxygen atoms in total. The highest BCUT2D eigenvalue weighted by molar-refractivity contribution is 5.79. The average molecular weight is 275 g/mol. The molecule has 1 unspecified atom stereocenters. The molecule has 0 heterocycles. The summed E-state index contributed by atoms with van der Waals surface area (Å²) in [4.78, 5) is 24.6. The largest absolute Gasteiger partial charge is 0.480 e. The van der Waals surface area contributed by atoms with E-state index in [2.05, 4.69) is 5.32 Å². The maximum absolute atomic E-state index is 11.6. The molecule has 0 aromatic rings. The number of carbonyl (C=O) groups excluding carboxylic acids is 1. The van der Waals surface area contributed by atoms with E-state index in [4.69, 9.17) is 15.6 Å². The Bertz CT molecular complexity index is 305. The van der Waals surface area contributed by atoms with Gasteiger partial charge in [0.25, 0.3) is 0 Å². The number of aliphatic carboxylic acids is 1. The predicted molar refractivity (Wildman–Crippen MR) is 72.0 cm³/mol. The second-order valence-corrected chi connectivity index (χ2v) is 5.33. The van der Waals surface area contributed by atoms with Gasteiger partial charge in [0, 0.05) is 6.54 Å². The summed E-state index contributed by atoms with van der Waals surface area (Å²) in [5.74, 6) is -1.07. The highest BCUT2D eigenvalue weighted by atomic mass is 16.6. The Hall–Kier alpha value is -1.34. The number of hydrogen-bond donors (Lipinski definition) is 3. The minimum absolute atomic E-state index is 0.165. The van der Waals surface area contributed by atoms with E-state index in [1.165, 1.54) is 0 Å². The first-order valence-electron chi connectivity index (χ1n) is 6.25. The minimum Gasteiger partial charge on any atom is -0.480 e. The quantitative estimate of drug-likeness (QED) is 0.586. The van der Waals surface area contributed by atoms with E-state index in [-0.39, 0.29) is 6.54 Å². The van der Waals surface area contributed by atoms with Crippen LogP contribution >= 0.6 is 0 Å². The van der Waals surface area contributed by atoms with Crippen LogP contribution in [0.15, 0.2) is 0 Å². The first-order valence-corrected chi connectivity index (χ1v) is 6.25. The predicted octanol–water partition coefficient (Wildman–Crippen LogP) is 0.245. The number of nitrogens with one attached hydrogen (secondary N) is 1. The third kappa shape index (κ3) is 8.39. The van der Waals surface area contributed by atoms with Crippen molar-refractivity contribution in [3.8, 4) is 0 Å². The average Bonchev–Trinajstić information content (AvgIpc) is 2.26. The molecule has 0 fully saturated rings. The van der Waals surface area contributed by atoms with Crippen molar-refractivity contribution in [2.75, 3.05) is 27.2 Å². The van der Waals surface area contributed by atoms with Crippen LogP contribution in [-0.4, -0.2) is 60.9 Å². The van der Waals surface area contributed by atoms with Gasteiger partial charge in [0.05, 0.1) is 0 Å². The Labute approximate surface area is 114 Å². The Morgan fingerprint density at radius 3 is 2.42 bits per heavy atom. The SMILES string of the molecule is CN(C)CCCC(NC(=O)OC(C)(C)CN)C(=O)O. The molecule has 0 rings (SSSR count). The molecule has 7 heteroatoms. The van der Waals surface area contributed by atoms with Crippen LogP contribution < -0.4 is 11.1 Å². The summed E-state index contributed by atoms with van der Waals surface area (Å²) in [5, 5.41) is 11.4. The van der Waals surface area contributed by atoms with E-state index >= 15 is 0 Å². The van der Waals surface area contributed by atoms with Crippen LogP contribution in [0, 0.1) is 0 Å². The molecule has 19 heavy (non-hydrogen) atoms. The molecular formula is C12H25N3O4. The van der Waals surface area contributed by atoms with Gasteiger partial charge in [0.1, 0.15) is 11.6 Å². The normalized spacial score (nSPS) is 13.2. The number of rotatable bonds is 8. The molecule has 112 valence electrons. The number of ether oxygens (including phenoxy) is 1. The van der Waals surface area contributed by atoms with Crippen molar-refractivity contribution < 1.29 is 19.4 Å². The number of nitrogens with two attached hydrogens (primary N) is 1. The summed E-state index contributed by atoms with van der Waals surface area (Å²) in [6, 6.07) is -0.943. The van der Waals surface area contributed by atoms with Crippen molar-refractivity contribution in [1.82, 2.24) is 10.2 Å². The van der Waals surface area contributed by atoms with Gasteiger partial charge in [-0.15, -0.1) is 0 Å². The van der Waals surface area contributed by atoms with E-state index in [9.17, 15) is 9.59 Å². The molecule has 0 aliphatic rings. The first-order chi connectivity index (χ1) is 8.68. The van der Waals surface area contributed by atoms with Crippen LogP contribution in [0.2, 0.25) is 0 Å². The van der Waals surface area contributed by atoms with Crippen molar-refractivity contribution in [2.45, 2.75) is 38.3 Å². The van der Waals surface area contributed by atoms with E-state index in [1.54, 1.807) is 13.8 Å². The smallest absolute Gasteiger partial charge is 0.408 e. The Kier molecular flexibility index (Phi) is 7.40. The van der Waals surface area contributed by atoms with E-state index in [1.807, 2.05) is 19.0 Å². The lowest BCUT2D eigenvalue weighted by atomic mass is 10.1. The summed E-state index contributed by atoms with van der Waals surface area (Å²) in [6.45, 7) is 4.25. The van der Waals surface area contributed by atoms with Gasteiger partial charge in [-0.25, -0.2) is 9.59 Å². The molecule has 1 atom stereocenters. The van der Waals surface area contributed by atoms with Crippen LogP contribution in [0.25, 0.3) is 0 Å². The lowest BCUT2D eigenvalue weighted by molar-refractivity contribution is -0.139. The Balaban J connectivity index is 4.27. The Morgan fingerprint density at radius 2 is 2.00 bits per heavy atom. The van der Waals surface area contributed by atoms with Crippen molar-refractivity contribution in [3.05, 3.63) is 0 Å². The van der Waals surface area contributed by atoms with E-state index in [0.717, 1.165) is 6.54 Å². The highest BCUT2D eigenvalue weighted by Gasteiger charge is 2.25. The van der Waals surface area contributed by atoms with Crippen LogP contribution in [0.4, 0.5) is 4.79 Å². The topological polar surface area (TPSA) is 105 Å². The standard InChI is InChI=1S/C12H25N3O4/c1-12(2,8-13)19-11(18)14-9(10(16)17)6-5-7-15(3)4/h9H,5-8,13H2,1-4H3,(H,14,18)(H,16,17). The molecule has 0 saturated carbocycles. The zero-order valence-electron chi connectivity index (χ0n) is 12.1. The van der Waals surface area contributed by atoms with E-state index in [0.29, 0.717) is 12.8 Å².